The van der Waals surface area contributed by atoms with Crippen molar-refractivity contribution in [2.45, 2.75) is 20.0 Å². The molecule has 4 heteroatoms. The fourth-order valence-electron chi connectivity index (χ4n) is 2.53. The molecular weight excluding hydrogens is 326 g/mol. The van der Waals surface area contributed by atoms with Crippen LogP contribution in [0.4, 0.5) is 0 Å². The molecule has 0 fully saturated rings. The Labute approximate surface area is 152 Å². The number of carbonyl (C=O) groups is 2. The predicted octanol–water partition coefficient (Wildman–Crippen LogP) is 4.48. The van der Waals surface area contributed by atoms with Crippen LogP contribution in [-0.4, -0.2) is 16.7 Å². The van der Waals surface area contributed by atoms with E-state index < -0.39 is 12.1 Å². The van der Waals surface area contributed by atoms with Crippen LogP contribution in [0.1, 0.15) is 43.6 Å². The SMILES string of the molecule is Cc1ccc(C(=O)[C@@H](OC(=O)c2ccccn2)c2ccc(C)cc2)cc1. The fourth-order valence-corrected chi connectivity index (χ4v) is 2.53. The maximum Gasteiger partial charge on any atom is 0.357 e. The third-order valence-electron chi connectivity index (χ3n) is 4.05. The van der Waals surface area contributed by atoms with Gasteiger partial charge in [-0.05, 0) is 26.0 Å². The van der Waals surface area contributed by atoms with Crippen LogP contribution in [0.15, 0.2) is 72.9 Å². The minimum atomic E-state index is -1.02. The molecule has 0 aliphatic heterocycles. The molecule has 0 amide bonds. The number of hydrogen-bond acceptors (Lipinski definition) is 4. The molecule has 1 aromatic heterocycles. The second-order valence-corrected chi connectivity index (χ2v) is 6.14. The molecule has 0 unspecified atom stereocenters. The number of benzene rings is 2. The largest absolute Gasteiger partial charge is 0.444 e. The van der Waals surface area contributed by atoms with Crippen molar-refractivity contribution >= 4 is 11.8 Å². The monoisotopic (exact) mass is 345 g/mol. The van der Waals surface area contributed by atoms with Gasteiger partial charge in [0.25, 0.3) is 0 Å². The second-order valence-electron chi connectivity index (χ2n) is 6.14. The minimum absolute atomic E-state index is 0.168. The van der Waals surface area contributed by atoms with Crippen molar-refractivity contribution in [3.63, 3.8) is 0 Å². The van der Waals surface area contributed by atoms with Gasteiger partial charge in [0.1, 0.15) is 5.69 Å². The lowest BCUT2D eigenvalue weighted by Gasteiger charge is -2.17. The highest BCUT2D eigenvalue weighted by molar-refractivity contribution is 6.02. The highest BCUT2D eigenvalue weighted by atomic mass is 16.5. The number of aryl methyl sites for hydroxylation is 2. The Hall–Kier alpha value is -3.27. The van der Waals surface area contributed by atoms with E-state index in [4.69, 9.17) is 4.74 Å². The Morgan fingerprint density at radius 3 is 2.04 bits per heavy atom. The highest BCUT2D eigenvalue weighted by Gasteiger charge is 2.27. The van der Waals surface area contributed by atoms with Gasteiger partial charge in [-0.3, -0.25) is 4.79 Å². The van der Waals surface area contributed by atoms with E-state index in [2.05, 4.69) is 4.98 Å². The number of rotatable bonds is 5. The molecule has 0 aliphatic rings. The number of carbonyl (C=O) groups excluding carboxylic acids is 2. The quantitative estimate of drug-likeness (QED) is 0.505. The van der Waals surface area contributed by atoms with Crippen molar-refractivity contribution in [2.24, 2.45) is 0 Å². The minimum Gasteiger partial charge on any atom is -0.444 e. The third kappa shape index (κ3) is 4.03. The number of Topliss-reactive ketones (excluding diaryl/α,β-unsaturated/α-hetero) is 1. The fraction of sp³-hybridized carbons (Fsp3) is 0.136. The summed E-state index contributed by atoms with van der Waals surface area (Å²) in [5, 5.41) is 0. The Balaban J connectivity index is 1.93. The van der Waals surface area contributed by atoms with Gasteiger partial charge in [0.2, 0.25) is 5.78 Å². The van der Waals surface area contributed by atoms with E-state index in [1.54, 1.807) is 42.5 Å². The summed E-state index contributed by atoms with van der Waals surface area (Å²) in [6.45, 7) is 3.91. The average molecular weight is 345 g/mol. The van der Waals surface area contributed by atoms with Crippen molar-refractivity contribution in [3.8, 4) is 0 Å². The van der Waals surface area contributed by atoms with E-state index >= 15 is 0 Å². The number of ketones is 1. The molecule has 26 heavy (non-hydrogen) atoms. The first-order valence-electron chi connectivity index (χ1n) is 8.34. The van der Waals surface area contributed by atoms with Crippen LogP contribution in [0.2, 0.25) is 0 Å². The molecule has 0 saturated heterocycles. The molecule has 1 heterocycles. The molecule has 0 saturated carbocycles. The molecule has 0 N–H and O–H groups in total. The molecule has 1 atom stereocenters. The summed E-state index contributed by atoms with van der Waals surface area (Å²) in [4.78, 5) is 29.5. The van der Waals surface area contributed by atoms with Crippen molar-refractivity contribution in [1.82, 2.24) is 4.98 Å². The van der Waals surface area contributed by atoms with Crippen LogP contribution >= 0.6 is 0 Å². The number of nitrogens with zero attached hydrogens (tertiary/aromatic N) is 1. The average Bonchev–Trinajstić information content (AvgIpc) is 2.67. The smallest absolute Gasteiger partial charge is 0.357 e. The Bertz CT molecular complexity index is 900. The molecule has 0 spiro atoms. The summed E-state index contributed by atoms with van der Waals surface area (Å²) in [6.07, 6.45) is 0.493. The van der Waals surface area contributed by atoms with Crippen molar-refractivity contribution in [1.29, 1.82) is 0 Å². The summed E-state index contributed by atoms with van der Waals surface area (Å²) in [6, 6.07) is 19.6. The Morgan fingerprint density at radius 2 is 1.46 bits per heavy atom. The number of pyridine rings is 1. The van der Waals surface area contributed by atoms with Crippen molar-refractivity contribution in [3.05, 3.63) is 101 Å². The summed E-state index contributed by atoms with van der Waals surface area (Å²) in [7, 11) is 0. The number of aromatic nitrogens is 1. The van der Waals surface area contributed by atoms with E-state index in [1.807, 2.05) is 38.1 Å². The topological polar surface area (TPSA) is 56.3 Å². The lowest BCUT2D eigenvalue weighted by Crippen LogP contribution is -2.21. The van der Waals surface area contributed by atoms with Crippen LogP contribution in [0.3, 0.4) is 0 Å². The first kappa shape index (κ1) is 17.5. The van der Waals surface area contributed by atoms with E-state index in [0.29, 0.717) is 11.1 Å². The number of ether oxygens (including phenoxy) is 1. The zero-order chi connectivity index (χ0) is 18.5. The standard InChI is InChI=1S/C22H19NO3/c1-15-6-10-17(11-7-15)20(24)21(18-12-8-16(2)9-13-18)26-22(25)19-5-3-4-14-23-19/h3-14,21H,1-2H3/t21-/m0/s1. The lowest BCUT2D eigenvalue weighted by molar-refractivity contribution is 0.0274. The van der Waals surface area contributed by atoms with Crippen molar-refractivity contribution in [2.75, 3.05) is 0 Å². The molecule has 2 aromatic carbocycles. The summed E-state index contributed by atoms with van der Waals surface area (Å²) in [5.41, 5.74) is 3.41. The molecule has 0 bridgehead atoms. The normalized spacial score (nSPS) is 11.6. The first-order chi connectivity index (χ1) is 12.5. The lowest BCUT2D eigenvalue weighted by atomic mass is 9.98. The van der Waals surface area contributed by atoms with Gasteiger partial charge >= 0.3 is 5.97 Å². The Kier molecular flexibility index (Phi) is 5.23. The molecular formula is C22H19NO3. The van der Waals surface area contributed by atoms with Gasteiger partial charge in [-0.25, -0.2) is 9.78 Å². The third-order valence-corrected chi connectivity index (χ3v) is 4.05. The van der Waals surface area contributed by atoms with Gasteiger partial charge in [0.05, 0.1) is 0 Å². The molecule has 3 aromatic rings. The second kappa shape index (κ2) is 7.74. The first-order valence-corrected chi connectivity index (χ1v) is 8.34. The molecule has 4 nitrogen and oxygen atoms in total. The van der Waals surface area contributed by atoms with Crippen molar-refractivity contribution < 1.29 is 14.3 Å². The predicted molar refractivity (Wildman–Crippen MR) is 99.1 cm³/mol. The van der Waals surface area contributed by atoms with Crippen LogP contribution in [0, 0.1) is 13.8 Å². The summed E-state index contributed by atoms with van der Waals surface area (Å²) < 4.78 is 5.56. The van der Waals surface area contributed by atoms with Gasteiger partial charge in [0, 0.05) is 17.3 Å². The zero-order valence-electron chi connectivity index (χ0n) is 14.7. The van der Waals surface area contributed by atoms with Gasteiger partial charge < -0.3 is 4.74 Å². The molecule has 130 valence electrons. The van der Waals surface area contributed by atoms with Gasteiger partial charge in [-0.1, -0.05) is 65.7 Å². The molecule has 0 aliphatic carbocycles. The number of hydrogen-bond donors (Lipinski definition) is 0. The van der Waals surface area contributed by atoms with E-state index in [1.165, 1.54) is 6.20 Å². The molecule has 0 radical (unpaired) electrons. The Morgan fingerprint density at radius 1 is 0.846 bits per heavy atom. The van der Waals surface area contributed by atoms with Gasteiger partial charge in [-0.15, -0.1) is 0 Å². The van der Waals surface area contributed by atoms with Crippen LogP contribution < -0.4 is 0 Å². The maximum atomic E-state index is 13.0. The van der Waals surface area contributed by atoms with Gasteiger partial charge in [0.15, 0.2) is 6.10 Å². The molecule has 3 rings (SSSR count). The van der Waals surface area contributed by atoms with E-state index in [-0.39, 0.29) is 11.5 Å². The van der Waals surface area contributed by atoms with Crippen LogP contribution in [0.25, 0.3) is 0 Å². The zero-order valence-corrected chi connectivity index (χ0v) is 14.7. The highest BCUT2D eigenvalue weighted by Crippen LogP contribution is 2.24. The van der Waals surface area contributed by atoms with Crippen LogP contribution in [-0.2, 0) is 4.74 Å². The summed E-state index contributed by atoms with van der Waals surface area (Å²) >= 11 is 0. The maximum absolute atomic E-state index is 13.0. The van der Waals surface area contributed by atoms with E-state index in [9.17, 15) is 9.59 Å². The number of esters is 1. The summed E-state index contributed by atoms with van der Waals surface area (Å²) in [5.74, 6) is -0.894. The van der Waals surface area contributed by atoms with Crippen LogP contribution in [0.5, 0.6) is 0 Å². The van der Waals surface area contributed by atoms with E-state index in [0.717, 1.165) is 11.1 Å². The van der Waals surface area contributed by atoms with Gasteiger partial charge in [-0.2, -0.15) is 0 Å².